The van der Waals surface area contributed by atoms with Crippen molar-refractivity contribution in [2.75, 3.05) is 19.0 Å². The number of nitrogens with zero attached hydrogens (tertiary/aromatic N) is 2. The monoisotopic (exact) mass is 417 g/mol. The van der Waals surface area contributed by atoms with Gasteiger partial charge in [-0.25, -0.2) is 4.68 Å². The topological polar surface area (TPSA) is 39.1 Å². The van der Waals surface area contributed by atoms with Crippen molar-refractivity contribution in [2.45, 2.75) is 13.3 Å². The van der Waals surface area contributed by atoms with Crippen molar-refractivity contribution in [3.05, 3.63) is 57.0 Å². The molecule has 1 N–H and O–H groups in total. The van der Waals surface area contributed by atoms with E-state index in [1.54, 1.807) is 7.11 Å². The lowest BCUT2D eigenvalue weighted by atomic mass is 10.1. The fourth-order valence-corrected chi connectivity index (χ4v) is 3.79. The third-order valence-corrected chi connectivity index (χ3v) is 5.44. The third kappa shape index (κ3) is 2.71. The van der Waals surface area contributed by atoms with Crippen molar-refractivity contribution in [1.82, 2.24) is 9.78 Å². The Morgan fingerprint density at radius 2 is 2.12 bits per heavy atom. The second-order valence-electron chi connectivity index (χ2n) is 5.99. The van der Waals surface area contributed by atoms with Crippen LogP contribution in [0, 0.1) is 6.92 Å². The summed E-state index contributed by atoms with van der Waals surface area (Å²) in [4.78, 5) is 0. The van der Waals surface area contributed by atoms with Crippen LogP contribution < -0.4 is 10.1 Å². The molecule has 2 aromatic carbocycles. The summed E-state index contributed by atoms with van der Waals surface area (Å²) in [6.45, 7) is 2.91. The molecule has 0 radical (unpaired) electrons. The van der Waals surface area contributed by atoms with Crippen molar-refractivity contribution in [3.63, 3.8) is 0 Å². The first-order chi connectivity index (χ1) is 12.1. The molecule has 2 heterocycles. The molecule has 1 aliphatic heterocycles. The van der Waals surface area contributed by atoms with Crippen LogP contribution >= 0.6 is 27.5 Å². The van der Waals surface area contributed by atoms with Gasteiger partial charge in [-0.2, -0.15) is 5.10 Å². The fourth-order valence-electron chi connectivity index (χ4n) is 3.26. The fraction of sp³-hybridized carbons (Fsp3) is 0.211. The van der Waals surface area contributed by atoms with Crippen LogP contribution in [-0.2, 0) is 6.42 Å². The standard InChI is InChI=1S/C19H17BrClN3O/c1-11-15(21)4-3-5-16(11)24-19-13(8-9-22-19)18(23-24)14-10-12(20)6-7-17(14)25-2/h3-7,10,22H,8-9H2,1-2H3. The van der Waals surface area contributed by atoms with Gasteiger partial charge in [0.2, 0.25) is 0 Å². The number of hydrogen-bond acceptors (Lipinski definition) is 3. The molecule has 4 nitrogen and oxygen atoms in total. The Bertz CT molecular complexity index is 968. The van der Waals surface area contributed by atoms with Crippen LogP contribution in [0.2, 0.25) is 5.02 Å². The zero-order chi connectivity index (χ0) is 17.6. The first-order valence-corrected chi connectivity index (χ1v) is 9.22. The highest BCUT2D eigenvalue weighted by atomic mass is 79.9. The molecule has 0 aliphatic carbocycles. The number of methoxy groups -OCH3 is 1. The van der Waals surface area contributed by atoms with Gasteiger partial charge in [-0.05, 0) is 49.2 Å². The van der Waals surface area contributed by atoms with Gasteiger partial charge in [-0.15, -0.1) is 0 Å². The van der Waals surface area contributed by atoms with Gasteiger partial charge in [0, 0.05) is 27.2 Å². The Balaban J connectivity index is 1.96. The third-order valence-electron chi connectivity index (χ3n) is 4.53. The molecule has 0 amide bonds. The lowest BCUT2D eigenvalue weighted by molar-refractivity contribution is 0.416. The second-order valence-corrected chi connectivity index (χ2v) is 7.32. The number of hydrogen-bond donors (Lipinski definition) is 1. The van der Waals surface area contributed by atoms with E-state index in [1.807, 2.05) is 41.9 Å². The summed E-state index contributed by atoms with van der Waals surface area (Å²) in [6, 6.07) is 11.9. The van der Waals surface area contributed by atoms with E-state index in [2.05, 4.69) is 27.3 Å². The minimum absolute atomic E-state index is 0.737. The lowest BCUT2D eigenvalue weighted by Gasteiger charge is -2.11. The predicted octanol–water partition coefficient (Wildman–Crippen LogP) is 5.24. The summed E-state index contributed by atoms with van der Waals surface area (Å²) in [6.07, 6.45) is 0.931. The number of benzene rings is 2. The number of ether oxygens (including phenoxy) is 1. The summed E-state index contributed by atoms with van der Waals surface area (Å²) in [5.41, 5.74) is 5.12. The summed E-state index contributed by atoms with van der Waals surface area (Å²) >= 11 is 9.87. The summed E-state index contributed by atoms with van der Waals surface area (Å²) < 4.78 is 8.52. The zero-order valence-electron chi connectivity index (χ0n) is 13.9. The van der Waals surface area contributed by atoms with Gasteiger partial charge in [0.05, 0.1) is 12.8 Å². The van der Waals surface area contributed by atoms with Gasteiger partial charge < -0.3 is 10.1 Å². The number of aromatic nitrogens is 2. The van der Waals surface area contributed by atoms with Crippen LogP contribution in [0.15, 0.2) is 40.9 Å². The Morgan fingerprint density at radius 1 is 1.28 bits per heavy atom. The molecule has 6 heteroatoms. The highest BCUT2D eigenvalue weighted by Crippen LogP contribution is 2.40. The molecule has 128 valence electrons. The lowest BCUT2D eigenvalue weighted by Crippen LogP contribution is -2.06. The first kappa shape index (κ1) is 16.5. The van der Waals surface area contributed by atoms with E-state index < -0.39 is 0 Å². The van der Waals surface area contributed by atoms with E-state index in [0.29, 0.717) is 0 Å². The molecule has 0 spiro atoms. The van der Waals surface area contributed by atoms with Gasteiger partial charge in [-0.3, -0.25) is 0 Å². The largest absolute Gasteiger partial charge is 0.496 e. The average Bonchev–Trinajstić information content (AvgIpc) is 3.20. The minimum Gasteiger partial charge on any atom is -0.496 e. The molecule has 0 saturated carbocycles. The number of anilines is 1. The molecule has 3 aromatic rings. The molecular formula is C19H17BrClN3O. The van der Waals surface area contributed by atoms with Gasteiger partial charge >= 0.3 is 0 Å². The van der Waals surface area contributed by atoms with Crippen LogP contribution in [0.3, 0.4) is 0 Å². The highest BCUT2D eigenvalue weighted by molar-refractivity contribution is 9.10. The van der Waals surface area contributed by atoms with Crippen LogP contribution in [-0.4, -0.2) is 23.4 Å². The second kappa shape index (κ2) is 6.39. The van der Waals surface area contributed by atoms with Gasteiger partial charge in [-0.1, -0.05) is 33.6 Å². The van der Waals surface area contributed by atoms with Gasteiger partial charge in [0.1, 0.15) is 17.3 Å². The maximum atomic E-state index is 6.32. The average molecular weight is 419 g/mol. The Labute approximate surface area is 159 Å². The van der Waals surface area contributed by atoms with Crippen LogP contribution in [0.25, 0.3) is 16.9 Å². The van der Waals surface area contributed by atoms with Crippen molar-refractivity contribution in [2.24, 2.45) is 0 Å². The Hall–Kier alpha value is -1.98. The Kier molecular flexibility index (Phi) is 4.21. The van der Waals surface area contributed by atoms with Crippen LogP contribution in [0.1, 0.15) is 11.1 Å². The van der Waals surface area contributed by atoms with Crippen molar-refractivity contribution in [3.8, 4) is 22.7 Å². The molecule has 0 bridgehead atoms. The maximum absolute atomic E-state index is 6.32. The predicted molar refractivity (Wildman–Crippen MR) is 105 cm³/mol. The van der Waals surface area contributed by atoms with E-state index in [1.165, 1.54) is 5.56 Å². The van der Waals surface area contributed by atoms with E-state index in [9.17, 15) is 0 Å². The number of rotatable bonds is 3. The van der Waals surface area contributed by atoms with Gasteiger partial charge in [0.15, 0.2) is 0 Å². The van der Waals surface area contributed by atoms with E-state index in [4.69, 9.17) is 21.4 Å². The molecular weight excluding hydrogens is 402 g/mol. The number of halogens is 2. The number of nitrogens with one attached hydrogen (secondary N) is 1. The summed E-state index contributed by atoms with van der Waals surface area (Å²) in [5, 5.41) is 9.12. The van der Waals surface area contributed by atoms with Crippen molar-refractivity contribution < 1.29 is 4.74 Å². The first-order valence-electron chi connectivity index (χ1n) is 8.05. The van der Waals surface area contributed by atoms with Gasteiger partial charge in [0.25, 0.3) is 0 Å². The van der Waals surface area contributed by atoms with Crippen molar-refractivity contribution >= 4 is 33.3 Å². The molecule has 1 aliphatic rings. The van der Waals surface area contributed by atoms with Crippen LogP contribution in [0.4, 0.5) is 5.82 Å². The summed E-state index contributed by atoms with van der Waals surface area (Å²) in [5.74, 6) is 1.84. The SMILES string of the molecule is COc1ccc(Br)cc1-c1nn(-c2cccc(Cl)c2C)c2c1CCN2. The minimum atomic E-state index is 0.737. The molecule has 1 aromatic heterocycles. The Morgan fingerprint density at radius 3 is 2.92 bits per heavy atom. The van der Waals surface area contributed by atoms with Crippen molar-refractivity contribution in [1.29, 1.82) is 0 Å². The van der Waals surface area contributed by atoms with E-state index in [-0.39, 0.29) is 0 Å². The molecule has 0 fully saturated rings. The maximum Gasteiger partial charge on any atom is 0.133 e. The normalized spacial score (nSPS) is 12.8. The molecule has 0 saturated heterocycles. The molecule has 4 rings (SSSR count). The highest BCUT2D eigenvalue weighted by Gasteiger charge is 2.26. The number of fused-ring (bicyclic) bond motifs is 1. The molecule has 25 heavy (non-hydrogen) atoms. The van der Waals surface area contributed by atoms with E-state index in [0.717, 1.165) is 56.5 Å². The molecule has 0 atom stereocenters. The smallest absolute Gasteiger partial charge is 0.133 e. The molecule has 0 unspecified atom stereocenters. The quantitative estimate of drug-likeness (QED) is 0.632. The zero-order valence-corrected chi connectivity index (χ0v) is 16.3. The van der Waals surface area contributed by atoms with Crippen LogP contribution in [0.5, 0.6) is 5.75 Å². The van der Waals surface area contributed by atoms with E-state index >= 15 is 0 Å². The summed E-state index contributed by atoms with van der Waals surface area (Å²) in [7, 11) is 1.68.